The average Bonchev–Trinajstić information content (AvgIpc) is 2.50. The van der Waals surface area contributed by atoms with Gasteiger partial charge in [0.15, 0.2) is 0 Å². The van der Waals surface area contributed by atoms with Crippen molar-refractivity contribution in [2.45, 2.75) is 6.92 Å². The van der Waals surface area contributed by atoms with Crippen molar-refractivity contribution in [2.24, 2.45) is 0 Å². The minimum absolute atomic E-state index is 0.0455. The Morgan fingerprint density at radius 3 is 2.68 bits per heavy atom. The van der Waals surface area contributed by atoms with E-state index < -0.39 is 0 Å². The second-order valence-corrected chi connectivity index (χ2v) is 5.53. The van der Waals surface area contributed by atoms with Crippen molar-refractivity contribution < 1.29 is 9.90 Å². The number of hydrogen-bond acceptors (Lipinski definition) is 2. The molecule has 22 heavy (non-hydrogen) atoms. The highest BCUT2D eigenvalue weighted by atomic mass is 35.5. The van der Waals surface area contributed by atoms with Gasteiger partial charge < -0.3 is 10.4 Å². The van der Waals surface area contributed by atoms with Crippen LogP contribution in [0.4, 0.5) is 5.69 Å². The normalized spacial score (nSPS) is 10.6. The molecule has 0 aliphatic rings. The number of hydrogen-bond donors (Lipinski definition) is 2. The number of fused-ring (bicyclic) bond motifs is 1. The van der Waals surface area contributed by atoms with Crippen LogP contribution in [0.25, 0.3) is 10.8 Å². The van der Waals surface area contributed by atoms with Gasteiger partial charge in [0.1, 0.15) is 5.75 Å². The fourth-order valence-electron chi connectivity index (χ4n) is 2.41. The maximum absolute atomic E-state index is 12.6. The van der Waals surface area contributed by atoms with E-state index >= 15 is 0 Å². The Morgan fingerprint density at radius 1 is 1.09 bits per heavy atom. The molecule has 0 aromatic heterocycles. The molecular weight excluding hydrogens is 298 g/mol. The first-order chi connectivity index (χ1) is 10.6. The molecule has 0 saturated heterocycles. The number of phenolic OH excluding ortho intramolecular Hbond substituents is 1. The van der Waals surface area contributed by atoms with Crippen LogP contribution in [0.15, 0.2) is 54.6 Å². The summed E-state index contributed by atoms with van der Waals surface area (Å²) in [6.45, 7) is 1.88. The summed E-state index contributed by atoms with van der Waals surface area (Å²) in [4.78, 5) is 12.6. The lowest BCUT2D eigenvalue weighted by molar-refractivity contribution is 0.102. The van der Waals surface area contributed by atoms with E-state index in [4.69, 9.17) is 11.6 Å². The average molecular weight is 312 g/mol. The minimum atomic E-state index is -0.361. The van der Waals surface area contributed by atoms with Crippen LogP contribution in [0.2, 0.25) is 5.02 Å². The number of aromatic hydroxyl groups is 1. The molecule has 0 spiro atoms. The summed E-state index contributed by atoms with van der Waals surface area (Å²) >= 11 is 5.97. The Morgan fingerprint density at radius 2 is 1.86 bits per heavy atom. The molecule has 1 amide bonds. The van der Waals surface area contributed by atoms with Crippen LogP contribution in [0.3, 0.4) is 0 Å². The molecule has 0 aliphatic carbocycles. The SMILES string of the molecule is Cc1ccc(Cl)cc1NC(=O)c1c(O)ccc2ccccc12. The monoisotopic (exact) mass is 311 g/mol. The van der Waals surface area contributed by atoms with E-state index in [-0.39, 0.29) is 17.2 Å². The molecule has 0 heterocycles. The van der Waals surface area contributed by atoms with Gasteiger partial charge in [-0.15, -0.1) is 0 Å². The summed E-state index contributed by atoms with van der Waals surface area (Å²) in [5.41, 5.74) is 1.79. The van der Waals surface area contributed by atoms with E-state index in [9.17, 15) is 9.90 Å². The van der Waals surface area contributed by atoms with Gasteiger partial charge in [0, 0.05) is 10.7 Å². The first-order valence-electron chi connectivity index (χ1n) is 6.84. The van der Waals surface area contributed by atoms with Crippen molar-refractivity contribution in [1.82, 2.24) is 0 Å². The van der Waals surface area contributed by atoms with E-state index in [1.807, 2.05) is 37.3 Å². The fourth-order valence-corrected chi connectivity index (χ4v) is 2.58. The molecule has 0 fully saturated rings. The first kappa shape index (κ1) is 14.4. The minimum Gasteiger partial charge on any atom is -0.507 e. The summed E-state index contributed by atoms with van der Waals surface area (Å²) in [5, 5.41) is 15.1. The van der Waals surface area contributed by atoms with Crippen LogP contribution in [-0.2, 0) is 0 Å². The summed E-state index contributed by atoms with van der Waals surface area (Å²) in [5.74, 6) is -0.407. The summed E-state index contributed by atoms with van der Waals surface area (Å²) < 4.78 is 0. The molecule has 110 valence electrons. The van der Waals surface area contributed by atoms with Gasteiger partial charge in [0.25, 0.3) is 5.91 Å². The van der Waals surface area contributed by atoms with Crippen molar-refractivity contribution >= 4 is 34.0 Å². The Bertz CT molecular complexity index is 874. The molecule has 0 atom stereocenters. The number of carbonyl (C=O) groups is 1. The standard InChI is InChI=1S/C18H14ClNO2/c1-11-6-8-13(19)10-15(11)20-18(22)17-14-5-3-2-4-12(14)7-9-16(17)21/h2-10,21H,1H3,(H,20,22). The van der Waals surface area contributed by atoms with Crippen LogP contribution >= 0.6 is 11.6 Å². The quantitative estimate of drug-likeness (QED) is 0.717. The van der Waals surface area contributed by atoms with Crippen molar-refractivity contribution in [3.05, 3.63) is 70.7 Å². The van der Waals surface area contributed by atoms with Crippen LogP contribution in [0.5, 0.6) is 5.75 Å². The molecule has 0 radical (unpaired) electrons. The number of halogens is 1. The summed E-state index contributed by atoms with van der Waals surface area (Å²) in [6, 6.07) is 16.0. The number of carbonyl (C=O) groups excluding carboxylic acids is 1. The van der Waals surface area contributed by atoms with Gasteiger partial charge in [-0.25, -0.2) is 0 Å². The number of nitrogens with one attached hydrogen (secondary N) is 1. The highest BCUT2D eigenvalue weighted by Crippen LogP contribution is 2.29. The Balaban J connectivity index is 2.06. The molecule has 3 rings (SSSR count). The zero-order valence-electron chi connectivity index (χ0n) is 11.9. The zero-order valence-corrected chi connectivity index (χ0v) is 12.7. The van der Waals surface area contributed by atoms with Gasteiger partial charge in [0.05, 0.1) is 5.56 Å². The van der Waals surface area contributed by atoms with Gasteiger partial charge in [-0.2, -0.15) is 0 Å². The van der Waals surface area contributed by atoms with Gasteiger partial charge in [-0.3, -0.25) is 4.79 Å². The van der Waals surface area contributed by atoms with Crippen LogP contribution in [-0.4, -0.2) is 11.0 Å². The first-order valence-corrected chi connectivity index (χ1v) is 7.22. The molecule has 0 aliphatic heterocycles. The second-order valence-electron chi connectivity index (χ2n) is 5.09. The Kier molecular flexibility index (Phi) is 3.73. The van der Waals surface area contributed by atoms with E-state index in [1.54, 1.807) is 18.2 Å². The zero-order chi connectivity index (χ0) is 15.7. The summed E-state index contributed by atoms with van der Waals surface area (Å²) in [6.07, 6.45) is 0. The van der Waals surface area contributed by atoms with E-state index in [0.717, 1.165) is 10.9 Å². The van der Waals surface area contributed by atoms with Crippen molar-refractivity contribution in [1.29, 1.82) is 0 Å². The lowest BCUT2D eigenvalue weighted by Crippen LogP contribution is -2.13. The molecule has 3 nitrogen and oxygen atoms in total. The second kappa shape index (κ2) is 5.70. The van der Waals surface area contributed by atoms with Crippen molar-refractivity contribution in [3.8, 4) is 5.75 Å². The Hall–Kier alpha value is -2.52. The van der Waals surface area contributed by atoms with Gasteiger partial charge in [-0.1, -0.05) is 48.0 Å². The number of benzene rings is 3. The third-order valence-corrected chi connectivity index (χ3v) is 3.82. The van der Waals surface area contributed by atoms with Crippen LogP contribution < -0.4 is 5.32 Å². The Labute approximate surface area is 133 Å². The van der Waals surface area contributed by atoms with Crippen LogP contribution in [0, 0.1) is 6.92 Å². The van der Waals surface area contributed by atoms with Gasteiger partial charge in [0.2, 0.25) is 0 Å². The molecule has 0 saturated carbocycles. The maximum Gasteiger partial charge on any atom is 0.260 e. The van der Waals surface area contributed by atoms with Gasteiger partial charge in [-0.05, 0) is 41.5 Å². The lowest BCUT2D eigenvalue weighted by atomic mass is 10.0. The van der Waals surface area contributed by atoms with E-state index in [2.05, 4.69) is 5.32 Å². The van der Waals surface area contributed by atoms with Gasteiger partial charge >= 0.3 is 0 Å². The number of aryl methyl sites for hydroxylation is 1. The predicted octanol–water partition coefficient (Wildman–Crippen LogP) is 4.76. The third-order valence-electron chi connectivity index (χ3n) is 3.58. The largest absolute Gasteiger partial charge is 0.507 e. The molecule has 3 aromatic carbocycles. The predicted molar refractivity (Wildman–Crippen MR) is 89.8 cm³/mol. The third kappa shape index (κ3) is 2.63. The number of amides is 1. The number of rotatable bonds is 2. The molecule has 0 bridgehead atoms. The number of phenols is 1. The van der Waals surface area contributed by atoms with E-state index in [0.29, 0.717) is 16.1 Å². The molecule has 0 unspecified atom stereocenters. The fraction of sp³-hybridized carbons (Fsp3) is 0.0556. The smallest absolute Gasteiger partial charge is 0.260 e. The highest BCUT2D eigenvalue weighted by molar-refractivity contribution is 6.31. The molecule has 2 N–H and O–H groups in total. The lowest BCUT2D eigenvalue weighted by Gasteiger charge is -2.12. The maximum atomic E-state index is 12.6. The molecular formula is C18H14ClNO2. The van der Waals surface area contributed by atoms with Crippen LogP contribution in [0.1, 0.15) is 15.9 Å². The van der Waals surface area contributed by atoms with Crippen molar-refractivity contribution in [2.75, 3.05) is 5.32 Å². The number of anilines is 1. The van der Waals surface area contributed by atoms with E-state index in [1.165, 1.54) is 6.07 Å². The molecule has 3 aromatic rings. The highest BCUT2D eigenvalue weighted by Gasteiger charge is 2.16. The summed E-state index contributed by atoms with van der Waals surface area (Å²) in [7, 11) is 0. The van der Waals surface area contributed by atoms with Crippen molar-refractivity contribution in [3.63, 3.8) is 0 Å². The molecule has 4 heteroatoms. The topological polar surface area (TPSA) is 49.3 Å².